The third kappa shape index (κ3) is 6.23. The predicted octanol–water partition coefficient (Wildman–Crippen LogP) is 5.56. The van der Waals surface area contributed by atoms with E-state index in [9.17, 15) is 14.3 Å². The van der Waals surface area contributed by atoms with Crippen LogP contribution in [0.4, 0.5) is 20.6 Å². The van der Waals surface area contributed by atoms with Crippen LogP contribution in [0.1, 0.15) is 24.3 Å². The lowest BCUT2D eigenvalue weighted by molar-refractivity contribution is 0.142. The number of aliphatic hydroxyl groups excluding tert-OH is 1. The fraction of sp³-hybridized carbons (Fsp3) is 0.154. The van der Waals surface area contributed by atoms with E-state index in [2.05, 4.69) is 25.9 Å². The van der Waals surface area contributed by atoms with Crippen LogP contribution in [-0.2, 0) is 0 Å². The molecular weight excluding hydrogens is 449 g/mol. The third-order valence-electron chi connectivity index (χ3n) is 5.14. The van der Waals surface area contributed by atoms with Crippen LogP contribution in [0.5, 0.6) is 11.5 Å². The van der Waals surface area contributed by atoms with Gasteiger partial charge < -0.3 is 25.5 Å². The molecule has 5 N–H and O–H groups in total. The number of aromatic amines is 1. The number of anilines is 2. The highest BCUT2D eigenvalue weighted by atomic mass is 19.1. The van der Waals surface area contributed by atoms with Gasteiger partial charge in [0, 0.05) is 29.7 Å². The first-order valence-corrected chi connectivity index (χ1v) is 11.1. The van der Waals surface area contributed by atoms with Gasteiger partial charge in [-0.3, -0.25) is 10.3 Å². The standard InChI is InChI=1S/C26H26FN5O3/c1-3-28-25(33)17-13-23(30-15-17)24-14-20(10-11-29-24)35-19-7-5-18(6-8-19)31-26(34)32-22-12-16(2)4-9-21(22)27/h4-15,25,28,30,33H,3H2,1-2H3,(H2,31,32,34). The number of carbonyl (C=O) groups excluding carboxylic acids is 1. The van der Waals surface area contributed by atoms with E-state index in [0.717, 1.165) is 11.3 Å². The minimum Gasteiger partial charge on any atom is -0.457 e. The number of rotatable bonds is 8. The van der Waals surface area contributed by atoms with E-state index in [-0.39, 0.29) is 5.69 Å². The van der Waals surface area contributed by atoms with Crippen LogP contribution in [0, 0.1) is 12.7 Å². The fourth-order valence-electron chi connectivity index (χ4n) is 3.41. The van der Waals surface area contributed by atoms with Crippen molar-refractivity contribution in [3.63, 3.8) is 0 Å². The summed E-state index contributed by atoms with van der Waals surface area (Å²) in [5.74, 6) is 0.634. The quantitative estimate of drug-likeness (QED) is 0.214. The van der Waals surface area contributed by atoms with Gasteiger partial charge in [0.1, 0.15) is 23.5 Å². The Morgan fingerprint density at radius 2 is 1.89 bits per heavy atom. The Bertz CT molecular complexity index is 1310. The van der Waals surface area contributed by atoms with Gasteiger partial charge in [-0.05, 0) is 67.6 Å². The van der Waals surface area contributed by atoms with E-state index in [1.54, 1.807) is 60.9 Å². The highest BCUT2D eigenvalue weighted by Crippen LogP contribution is 2.27. The smallest absolute Gasteiger partial charge is 0.323 e. The van der Waals surface area contributed by atoms with E-state index in [1.165, 1.54) is 6.07 Å². The lowest BCUT2D eigenvalue weighted by atomic mass is 10.2. The van der Waals surface area contributed by atoms with Gasteiger partial charge in [0.2, 0.25) is 0 Å². The lowest BCUT2D eigenvalue weighted by Crippen LogP contribution is -2.20. The number of hydrogen-bond acceptors (Lipinski definition) is 5. The number of carbonyl (C=O) groups is 1. The van der Waals surface area contributed by atoms with Crippen molar-refractivity contribution in [2.75, 3.05) is 17.2 Å². The number of aromatic nitrogens is 2. The van der Waals surface area contributed by atoms with Crippen LogP contribution in [0.2, 0.25) is 0 Å². The summed E-state index contributed by atoms with van der Waals surface area (Å²) >= 11 is 0. The van der Waals surface area contributed by atoms with Crippen molar-refractivity contribution in [2.24, 2.45) is 0 Å². The van der Waals surface area contributed by atoms with Crippen molar-refractivity contribution < 1.29 is 19.0 Å². The Hall–Kier alpha value is -4.21. The number of aliphatic hydroxyl groups is 1. The van der Waals surface area contributed by atoms with Gasteiger partial charge in [0.25, 0.3) is 0 Å². The van der Waals surface area contributed by atoms with E-state index in [0.29, 0.717) is 35.0 Å². The first-order chi connectivity index (χ1) is 16.9. The van der Waals surface area contributed by atoms with E-state index >= 15 is 0 Å². The Morgan fingerprint density at radius 1 is 1.09 bits per heavy atom. The molecule has 1 unspecified atom stereocenters. The van der Waals surface area contributed by atoms with Crippen molar-refractivity contribution in [1.29, 1.82) is 0 Å². The van der Waals surface area contributed by atoms with Crippen LogP contribution < -0.4 is 20.7 Å². The van der Waals surface area contributed by atoms with E-state index < -0.39 is 18.1 Å². The number of pyridine rings is 1. The molecule has 0 bridgehead atoms. The molecule has 0 spiro atoms. The van der Waals surface area contributed by atoms with Crippen molar-refractivity contribution in [2.45, 2.75) is 20.1 Å². The van der Waals surface area contributed by atoms with Crippen LogP contribution >= 0.6 is 0 Å². The number of ether oxygens (including phenoxy) is 1. The van der Waals surface area contributed by atoms with Crippen LogP contribution in [0.25, 0.3) is 11.4 Å². The molecule has 0 aliphatic rings. The summed E-state index contributed by atoms with van der Waals surface area (Å²) in [7, 11) is 0. The Morgan fingerprint density at radius 3 is 2.66 bits per heavy atom. The van der Waals surface area contributed by atoms with E-state index in [1.807, 2.05) is 19.9 Å². The molecule has 0 saturated carbocycles. The number of amides is 2. The number of benzene rings is 2. The molecule has 1 atom stereocenters. The summed E-state index contributed by atoms with van der Waals surface area (Å²) in [6, 6.07) is 16.1. The molecule has 0 aliphatic carbocycles. The summed E-state index contributed by atoms with van der Waals surface area (Å²) in [4.78, 5) is 19.7. The number of nitrogens with zero attached hydrogens (tertiary/aromatic N) is 1. The third-order valence-corrected chi connectivity index (χ3v) is 5.14. The van der Waals surface area contributed by atoms with Crippen molar-refractivity contribution in [3.05, 3.63) is 90.0 Å². The average molecular weight is 476 g/mol. The minimum absolute atomic E-state index is 0.112. The Kier molecular flexibility index (Phi) is 7.39. The highest BCUT2D eigenvalue weighted by Gasteiger charge is 2.11. The monoisotopic (exact) mass is 475 g/mol. The van der Waals surface area contributed by atoms with Gasteiger partial charge >= 0.3 is 6.03 Å². The maximum atomic E-state index is 13.9. The molecule has 8 nitrogen and oxygen atoms in total. The second-order valence-electron chi connectivity index (χ2n) is 7.87. The molecular formula is C26H26FN5O3. The summed E-state index contributed by atoms with van der Waals surface area (Å²) in [6.45, 7) is 4.38. The number of aryl methyl sites for hydroxylation is 1. The van der Waals surface area contributed by atoms with Crippen LogP contribution in [0.15, 0.2) is 73.1 Å². The number of halogens is 1. The highest BCUT2D eigenvalue weighted by molar-refractivity contribution is 5.99. The van der Waals surface area contributed by atoms with Gasteiger partial charge in [-0.1, -0.05) is 13.0 Å². The van der Waals surface area contributed by atoms with Gasteiger partial charge in [-0.2, -0.15) is 0 Å². The molecule has 0 aliphatic heterocycles. The van der Waals surface area contributed by atoms with Crippen molar-refractivity contribution in [3.8, 4) is 22.9 Å². The fourth-order valence-corrected chi connectivity index (χ4v) is 3.41. The second-order valence-corrected chi connectivity index (χ2v) is 7.87. The molecule has 4 rings (SSSR count). The number of hydrogen-bond donors (Lipinski definition) is 5. The topological polar surface area (TPSA) is 111 Å². The normalized spacial score (nSPS) is 11.7. The van der Waals surface area contributed by atoms with Gasteiger partial charge in [-0.25, -0.2) is 9.18 Å². The maximum Gasteiger partial charge on any atom is 0.323 e. The second kappa shape index (κ2) is 10.8. The molecule has 2 aromatic heterocycles. The number of nitrogens with one attached hydrogen (secondary N) is 4. The SMILES string of the molecule is CCNC(O)c1c[nH]c(-c2cc(Oc3ccc(NC(=O)Nc4cc(C)ccc4F)cc3)ccn2)c1. The summed E-state index contributed by atoms with van der Waals surface area (Å²) in [5, 5.41) is 18.2. The molecule has 180 valence electrons. The van der Waals surface area contributed by atoms with Gasteiger partial charge in [-0.15, -0.1) is 0 Å². The molecule has 9 heteroatoms. The Balaban J connectivity index is 1.38. The first kappa shape index (κ1) is 23.9. The number of urea groups is 1. The van der Waals surface area contributed by atoms with Gasteiger partial charge in [0.15, 0.2) is 0 Å². The summed E-state index contributed by atoms with van der Waals surface area (Å²) < 4.78 is 19.8. The molecule has 0 fully saturated rings. The minimum atomic E-state index is -0.755. The van der Waals surface area contributed by atoms with Crippen LogP contribution in [-0.4, -0.2) is 27.7 Å². The molecule has 2 amide bonds. The summed E-state index contributed by atoms with van der Waals surface area (Å²) in [5.41, 5.74) is 3.60. The zero-order chi connectivity index (χ0) is 24.8. The van der Waals surface area contributed by atoms with Crippen LogP contribution in [0.3, 0.4) is 0 Å². The molecule has 2 aromatic carbocycles. The average Bonchev–Trinajstić information content (AvgIpc) is 3.34. The maximum absolute atomic E-state index is 13.9. The largest absolute Gasteiger partial charge is 0.457 e. The zero-order valence-electron chi connectivity index (χ0n) is 19.3. The molecule has 35 heavy (non-hydrogen) atoms. The van der Waals surface area contributed by atoms with E-state index in [4.69, 9.17) is 4.74 Å². The zero-order valence-corrected chi connectivity index (χ0v) is 19.3. The molecule has 0 saturated heterocycles. The number of H-pyrrole nitrogens is 1. The summed E-state index contributed by atoms with van der Waals surface area (Å²) in [6.07, 6.45) is 2.61. The van der Waals surface area contributed by atoms with Crippen molar-refractivity contribution >= 4 is 17.4 Å². The molecule has 2 heterocycles. The van der Waals surface area contributed by atoms with Gasteiger partial charge in [0.05, 0.1) is 17.1 Å². The molecule has 0 radical (unpaired) electrons. The Labute approximate surface area is 202 Å². The van der Waals surface area contributed by atoms with Crippen molar-refractivity contribution in [1.82, 2.24) is 15.3 Å². The lowest BCUT2D eigenvalue weighted by Gasteiger charge is -2.10. The predicted molar refractivity (Wildman–Crippen MR) is 133 cm³/mol. The first-order valence-electron chi connectivity index (χ1n) is 11.1. The molecule has 4 aromatic rings.